The summed E-state index contributed by atoms with van der Waals surface area (Å²) in [7, 11) is 0. The third-order valence-corrected chi connectivity index (χ3v) is 6.91. The number of carbonyl (C=O) groups is 3. The third-order valence-electron chi connectivity index (χ3n) is 6.91. The number of aromatic nitrogens is 2. The second kappa shape index (κ2) is 10.5. The molecule has 1 aliphatic heterocycles. The molecule has 2 heterocycles. The number of hydrogen-bond acceptors (Lipinski definition) is 5. The molecule has 0 radical (unpaired) electrons. The highest BCUT2D eigenvalue weighted by Gasteiger charge is 2.48. The lowest BCUT2D eigenvalue weighted by Crippen LogP contribution is -2.65. The zero-order valence-corrected chi connectivity index (χ0v) is 20.8. The second-order valence-corrected chi connectivity index (χ2v) is 9.48. The molecule has 9 heteroatoms. The minimum Gasteiger partial charge on any atom is -0.494 e. The summed E-state index contributed by atoms with van der Waals surface area (Å²) in [6.07, 6.45) is 6.34. The van der Waals surface area contributed by atoms with Gasteiger partial charge < -0.3 is 24.8 Å². The van der Waals surface area contributed by atoms with Crippen LogP contribution in [-0.4, -0.2) is 56.9 Å². The summed E-state index contributed by atoms with van der Waals surface area (Å²) in [6.45, 7) is 7.11. The molecule has 2 N–H and O–H groups in total. The number of nitrogens with one attached hydrogen (secondary N) is 2. The summed E-state index contributed by atoms with van der Waals surface area (Å²) >= 11 is 0. The van der Waals surface area contributed by atoms with Gasteiger partial charge in [-0.25, -0.2) is 4.98 Å². The summed E-state index contributed by atoms with van der Waals surface area (Å²) in [5, 5.41) is 6.02. The van der Waals surface area contributed by atoms with E-state index in [0.29, 0.717) is 25.3 Å². The number of fused-ring (bicyclic) bond motifs is 1. The van der Waals surface area contributed by atoms with Gasteiger partial charge in [-0.15, -0.1) is 0 Å². The maximum Gasteiger partial charge on any atom is 0.273 e. The van der Waals surface area contributed by atoms with E-state index in [1.165, 1.54) is 6.33 Å². The summed E-state index contributed by atoms with van der Waals surface area (Å²) in [5.74, 6) is -0.228. The molecular weight excluding hydrogens is 446 g/mol. The van der Waals surface area contributed by atoms with Crippen LogP contribution in [0.4, 0.5) is 0 Å². The van der Waals surface area contributed by atoms with E-state index in [1.54, 1.807) is 16.4 Å². The van der Waals surface area contributed by atoms with Crippen LogP contribution in [0.5, 0.6) is 5.75 Å². The molecule has 1 aromatic heterocycles. The van der Waals surface area contributed by atoms with E-state index in [1.807, 2.05) is 38.1 Å². The number of rotatable bonds is 9. The van der Waals surface area contributed by atoms with Gasteiger partial charge in [-0.3, -0.25) is 14.4 Å². The Morgan fingerprint density at radius 2 is 1.94 bits per heavy atom. The lowest BCUT2D eigenvalue weighted by atomic mass is 9.93. The van der Waals surface area contributed by atoms with Crippen LogP contribution in [0.1, 0.15) is 79.4 Å². The summed E-state index contributed by atoms with van der Waals surface area (Å²) < 4.78 is 7.28. The molecule has 0 spiro atoms. The fraction of sp³-hybridized carbons (Fsp3) is 0.538. The zero-order chi connectivity index (χ0) is 25.0. The van der Waals surface area contributed by atoms with Gasteiger partial charge in [-0.2, -0.15) is 0 Å². The van der Waals surface area contributed by atoms with Crippen molar-refractivity contribution in [1.82, 2.24) is 25.1 Å². The molecule has 1 saturated carbocycles. The highest BCUT2D eigenvalue weighted by atomic mass is 16.5. The van der Waals surface area contributed by atoms with Gasteiger partial charge in [-0.1, -0.05) is 38.0 Å². The van der Waals surface area contributed by atoms with Crippen molar-refractivity contribution >= 4 is 17.7 Å². The first-order chi connectivity index (χ1) is 16.9. The largest absolute Gasteiger partial charge is 0.494 e. The molecular formula is C26H35N5O4. The zero-order valence-electron chi connectivity index (χ0n) is 20.8. The number of amides is 3. The van der Waals surface area contributed by atoms with Gasteiger partial charge in [0.25, 0.3) is 11.8 Å². The standard InChI is InChI=1S/C26H35N5O4/c1-4-14-31-24(33)22-21(23(32)27-15-18-10-6-9-13-20(18)35-5-2)28-17-30(22)16-26(31,3)25(34)29-19-11-7-8-12-19/h6,9-10,13,17,19H,4-5,7-8,11-12,14-16H2,1-3H3,(H,27,32)(H,29,34)/t26-/m0/s1. The van der Waals surface area contributed by atoms with Crippen molar-refractivity contribution in [1.29, 1.82) is 0 Å². The summed E-state index contributed by atoms with van der Waals surface area (Å²) in [5.41, 5.74) is 0.0856. The molecule has 3 amide bonds. The molecule has 1 aromatic carbocycles. The van der Waals surface area contributed by atoms with Crippen LogP contribution in [-0.2, 0) is 17.9 Å². The predicted molar refractivity (Wildman–Crippen MR) is 131 cm³/mol. The van der Waals surface area contributed by atoms with E-state index in [2.05, 4.69) is 15.6 Å². The van der Waals surface area contributed by atoms with Crippen LogP contribution in [0.15, 0.2) is 30.6 Å². The van der Waals surface area contributed by atoms with Crippen molar-refractivity contribution in [2.45, 2.75) is 77.5 Å². The van der Waals surface area contributed by atoms with E-state index in [9.17, 15) is 14.4 Å². The Hall–Kier alpha value is -3.36. The highest BCUT2D eigenvalue weighted by Crippen LogP contribution is 2.30. The second-order valence-electron chi connectivity index (χ2n) is 9.48. The average molecular weight is 482 g/mol. The van der Waals surface area contributed by atoms with E-state index in [0.717, 1.165) is 31.2 Å². The number of benzene rings is 1. The van der Waals surface area contributed by atoms with Crippen LogP contribution in [0.25, 0.3) is 0 Å². The topological polar surface area (TPSA) is 106 Å². The third kappa shape index (κ3) is 4.90. The quantitative estimate of drug-likeness (QED) is 0.573. The molecule has 2 aliphatic rings. The smallest absolute Gasteiger partial charge is 0.273 e. The van der Waals surface area contributed by atoms with Gasteiger partial charge in [0.2, 0.25) is 5.91 Å². The summed E-state index contributed by atoms with van der Waals surface area (Å²) in [4.78, 5) is 46.0. The van der Waals surface area contributed by atoms with E-state index in [-0.39, 0.29) is 42.3 Å². The van der Waals surface area contributed by atoms with E-state index in [4.69, 9.17) is 4.74 Å². The van der Waals surface area contributed by atoms with Crippen molar-refractivity contribution in [2.75, 3.05) is 13.2 Å². The highest BCUT2D eigenvalue weighted by molar-refractivity contribution is 6.07. The van der Waals surface area contributed by atoms with Gasteiger partial charge in [0.15, 0.2) is 5.69 Å². The number of nitrogens with zero attached hydrogens (tertiary/aromatic N) is 3. The summed E-state index contributed by atoms with van der Waals surface area (Å²) in [6, 6.07) is 7.65. The normalized spacial score (nSPS) is 20.0. The van der Waals surface area contributed by atoms with Gasteiger partial charge in [-0.05, 0) is 39.2 Å². The Balaban J connectivity index is 1.55. The number of ether oxygens (including phenoxy) is 1. The minimum absolute atomic E-state index is 0.0724. The lowest BCUT2D eigenvalue weighted by molar-refractivity contribution is -0.133. The fourth-order valence-corrected chi connectivity index (χ4v) is 5.04. The molecule has 1 fully saturated rings. The first-order valence-corrected chi connectivity index (χ1v) is 12.6. The Morgan fingerprint density at radius 3 is 2.66 bits per heavy atom. The van der Waals surface area contributed by atoms with Gasteiger partial charge in [0.05, 0.1) is 19.5 Å². The average Bonchev–Trinajstić information content (AvgIpc) is 3.51. The molecule has 2 aromatic rings. The number of imidazole rings is 1. The van der Waals surface area contributed by atoms with Crippen molar-refractivity contribution in [3.8, 4) is 5.75 Å². The lowest BCUT2D eigenvalue weighted by Gasteiger charge is -2.44. The van der Waals surface area contributed by atoms with Gasteiger partial charge in [0.1, 0.15) is 17.0 Å². The van der Waals surface area contributed by atoms with Crippen LogP contribution < -0.4 is 15.4 Å². The monoisotopic (exact) mass is 481 g/mol. The molecule has 1 atom stereocenters. The Bertz CT molecular complexity index is 1090. The number of hydrogen-bond donors (Lipinski definition) is 2. The van der Waals surface area contributed by atoms with Crippen molar-refractivity contribution in [3.05, 3.63) is 47.5 Å². The van der Waals surface area contributed by atoms with Crippen molar-refractivity contribution < 1.29 is 19.1 Å². The predicted octanol–water partition coefficient (Wildman–Crippen LogP) is 2.90. The Kier molecular flexibility index (Phi) is 7.42. The van der Waals surface area contributed by atoms with Gasteiger partial charge in [0, 0.05) is 24.7 Å². The van der Waals surface area contributed by atoms with Gasteiger partial charge >= 0.3 is 0 Å². The van der Waals surface area contributed by atoms with Crippen molar-refractivity contribution in [2.24, 2.45) is 0 Å². The molecule has 0 bridgehead atoms. The van der Waals surface area contributed by atoms with Crippen LogP contribution in [0, 0.1) is 0 Å². The Labute approximate surface area is 206 Å². The maximum atomic E-state index is 13.6. The van der Waals surface area contributed by atoms with Crippen LogP contribution in [0.3, 0.4) is 0 Å². The van der Waals surface area contributed by atoms with Crippen molar-refractivity contribution in [3.63, 3.8) is 0 Å². The number of carbonyl (C=O) groups excluding carboxylic acids is 3. The molecule has 35 heavy (non-hydrogen) atoms. The van der Waals surface area contributed by atoms with E-state index < -0.39 is 11.4 Å². The van der Waals surface area contributed by atoms with Crippen LogP contribution in [0.2, 0.25) is 0 Å². The minimum atomic E-state index is -1.05. The Morgan fingerprint density at radius 1 is 1.20 bits per heavy atom. The molecule has 0 saturated heterocycles. The number of para-hydroxylation sites is 1. The molecule has 4 rings (SSSR count). The van der Waals surface area contributed by atoms with E-state index >= 15 is 0 Å². The fourth-order valence-electron chi connectivity index (χ4n) is 5.04. The molecule has 1 aliphatic carbocycles. The SMILES string of the molecule is CCCN1C(=O)c2c(C(=O)NCc3ccccc3OCC)ncn2C[C@@]1(C)C(=O)NC1CCCC1. The first-order valence-electron chi connectivity index (χ1n) is 12.6. The first kappa shape index (κ1) is 24.8. The molecule has 0 unspecified atom stereocenters. The molecule has 9 nitrogen and oxygen atoms in total. The van der Waals surface area contributed by atoms with Crippen LogP contribution >= 0.6 is 0 Å². The maximum absolute atomic E-state index is 13.6. The molecule has 188 valence electrons.